The zero-order chi connectivity index (χ0) is 10.6. The van der Waals surface area contributed by atoms with Gasteiger partial charge in [-0.15, -0.1) is 0 Å². The smallest absolute Gasteiger partial charge is 0.0751 e. The maximum Gasteiger partial charge on any atom is 0.0751 e. The van der Waals surface area contributed by atoms with E-state index in [0.717, 1.165) is 0 Å². The summed E-state index contributed by atoms with van der Waals surface area (Å²) in [6.45, 7) is 1.81. The highest BCUT2D eigenvalue weighted by atomic mass is 32.2. The lowest BCUT2D eigenvalue weighted by Gasteiger charge is -2.11. The lowest BCUT2D eigenvalue weighted by atomic mass is 10.3. The van der Waals surface area contributed by atoms with Crippen molar-refractivity contribution in [3.8, 4) is 0 Å². The van der Waals surface area contributed by atoms with Gasteiger partial charge in [-0.3, -0.25) is 0 Å². The standard InChI is InChI=1S/C10H15NO2S/c1-2-9(12)8-14(11,13)10-6-4-3-5-7-10/h3-7,9,11-12H,2,8H2,1H3/t9-,14?/m0/s1. The molecule has 0 aromatic heterocycles. The van der Waals surface area contributed by atoms with Gasteiger partial charge in [-0.2, -0.15) is 0 Å². The van der Waals surface area contributed by atoms with E-state index < -0.39 is 15.8 Å². The van der Waals surface area contributed by atoms with E-state index in [4.69, 9.17) is 4.78 Å². The summed E-state index contributed by atoms with van der Waals surface area (Å²) in [5.74, 6) is 0.0213. The second kappa shape index (κ2) is 4.57. The zero-order valence-corrected chi connectivity index (χ0v) is 8.96. The Kier molecular flexibility index (Phi) is 3.66. The highest BCUT2D eigenvalue weighted by molar-refractivity contribution is 7.92. The van der Waals surface area contributed by atoms with Crippen LogP contribution in [0, 0.1) is 4.78 Å². The quantitative estimate of drug-likeness (QED) is 0.802. The Morgan fingerprint density at radius 1 is 1.43 bits per heavy atom. The van der Waals surface area contributed by atoms with Crippen molar-refractivity contribution in [2.45, 2.75) is 24.3 Å². The van der Waals surface area contributed by atoms with Crippen molar-refractivity contribution in [1.29, 1.82) is 4.78 Å². The third kappa shape index (κ3) is 2.82. The van der Waals surface area contributed by atoms with Crippen molar-refractivity contribution < 1.29 is 9.32 Å². The molecule has 4 heteroatoms. The Morgan fingerprint density at radius 3 is 2.50 bits per heavy atom. The molecule has 1 rings (SSSR count). The monoisotopic (exact) mass is 213 g/mol. The molecule has 0 aliphatic heterocycles. The van der Waals surface area contributed by atoms with E-state index in [1.807, 2.05) is 13.0 Å². The summed E-state index contributed by atoms with van der Waals surface area (Å²) in [5.41, 5.74) is 0. The highest BCUT2D eigenvalue weighted by Gasteiger charge is 2.14. The molecule has 0 saturated heterocycles. The van der Waals surface area contributed by atoms with Crippen LogP contribution in [0.25, 0.3) is 0 Å². The average Bonchev–Trinajstić information content (AvgIpc) is 2.18. The number of aliphatic hydroxyl groups is 1. The summed E-state index contributed by atoms with van der Waals surface area (Å²) in [6, 6.07) is 8.65. The molecule has 0 saturated carbocycles. The van der Waals surface area contributed by atoms with Gasteiger partial charge in [0.15, 0.2) is 0 Å². The van der Waals surface area contributed by atoms with Crippen LogP contribution < -0.4 is 0 Å². The molecule has 0 bridgehead atoms. The molecule has 1 aromatic carbocycles. The first-order valence-electron chi connectivity index (χ1n) is 4.56. The molecule has 0 spiro atoms. The van der Waals surface area contributed by atoms with Gasteiger partial charge in [-0.05, 0) is 18.6 Å². The molecule has 2 atom stereocenters. The Morgan fingerprint density at radius 2 is 2.00 bits per heavy atom. The van der Waals surface area contributed by atoms with Crippen molar-refractivity contribution in [1.82, 2.24) is 0 Å². The molecule has 0 amide bonds. The summed E-state index contributed by atoms with van der Waals surface area (Å²) >= 11 is 0. The molecule has 0 fully saturated rings. The Balaban J connectivity index is 2.87. The van der Waals surface area contributed by atoms with Gasteiger partial charge >= 0.3 is 0 Å². The minimum absolute atomic E-state index is 0.0213. The first-order chi connectivity index (χ1) is 6.56. The van der Waals surface area contributed by atoms with Crippen molar-refractivity contribution >= 4 is 9.73 Å². The van der Waals surface area contributed by atoms with Gasteiger partial charge < -0.3 is 5.11 Å². The summed E-state index contributed by atoms with van der Waals surface area (Å²) in [7, 11) is -2.82. The fourth-order valence-corrected chi connectivity index (χ4v) is 2.69. The van der Waals surface area contributed by atoms with E-state index in [2.05, 4.69) is 0 Å². The number of hydrogen-bond acceptors (Lipinski definition) is 3. The van der Waals surface area contributed by atoms with Gasteiger partial charge in [-0.25, -0.2) is 8.99 Å². The lowest BCUT2D eigenvalue weighted by molar-refractivity contribution is 0.194. The van der Waals surface area contributed by atoms with Crippen LogP contribution in [0.15, 0.2) is 35.2 Å². The second-order valence-electron chi connectivity index (χ2n) is 3.22. The number of benzene rings is 1. The third-order valence-electron chi connectivity index (χ3n) is 2.02. The predicted molar refractivity (Wildman–Crippen MR) is 56.7 cm³/mol. The Hall–Kier alpha value is -0.870. The molecule has 0 aliphatic carbocycles. The third-order valence-corrected chi connectivity index (χ3v) is 3.91. The van der Waals surface area contributed by atoms with Crippen LogP contribution in [0.3, 0.4) is 0 Å². The van der Waals surface area contributed by atoms with Crippen molar-refractivity contribution in [3.63, 3.8) is 0 Å². The largest absolute Gasteiger partial charge is 0.392 e. The molecular weight excluding hydrogens is 198 g/mol. The van der Waals surface area contributed by atoms with E-state index in [-0.39, 0.29) is 5.75 Å². The number of rotatable bonds is 4. The maximum absolute atomic E-state index is 11.9. The SMILES string of the molecule is CC[C@H](O)CS(=N)(=O)c1ccccc1. The van der Waals surface area contributed by atoms with Gasteiger partial charge in [0.25, 0.3) is 0 Å². The minimum Gasteiger partial charge on any atom is -0.392 e. The van der Waals surface area contributed by atoms with Gasteiger partial charge in [0.2, 0.25) is 0 Å². The normalized spacial score (nSPS) is 17.3. The van der Waals surface area contributed by atoms with Gasteiger partial charge in [0.1, 0.15) is 0 Å². The highest BCUT2D eigenvalue weighted by Crippen LogP contribution is 2.12. The Bertz CT molecular complexity index is 372. The van der Waals surface area contributed by atoms with Gasteiger partial charge in [0.05, 0.1) is 21.6 Å². The molecule has 2 N–H and O–H groups in total. The molecule has 0 aliphatic rings. The number of hydrogen-bond donors (Lipinski definition) is 2. The molecule has 0 radical (unpaired) electrons. The van der Waals surface area contributed by atoms with Gasteiger partial charge in [-0.1, -0.05) is 25.1 Å². The fraction of sp³-hybridized carbons (Fsp3) is 0.400. The summed E-state index contributed by atoms with van der Waals surface area (Å²) in [4.78, 5) is 0.493. The van der Waals surface area contributed by atoms with E-state index in [9.17, 15) is 9.32 Å². The average molecular weight is 213 g/mol. The molecule has 0 heterocycles. The number of aliphatic hydroxyl groups excluding tert-OH is 1. The van der Waals surface area contributed by atoms with E-state index in [1.54, 1.807) is 24.3 Å². The van der Waals surface area contributed by atoms with Crippen molar-refractivity contribution in [3.05, 3.63) is 30.3 Å². The molecule has 1 aromatic rings. The molecule has 1 unspecified atom stereocenters. The zero-order valence-electron chi connectivity index (χ0n) is 8.14. The van der Waals surface area contributed by atoms with Crippen LogP contribution in [0.4, 0.5) is 0 Å². The van der Waals surface area contributed by atoms with Crippen LogP contribution >= 0.6 is 0 Å². The van der Waals surface area contributed by atoms with Crippen molar-refractivity contribution in [2.75, 3.05) is 5.75 Å². The van der Waals surface area contributed by atoms with Crippen LogP contribution in [0.1, 0.15) is 13.3 Å². The van der Waals surface area contributed by atoms with Crippen LogP contribution in [0.2, 0.25) is 0 Å². The summed E-state index contributed by atoms with van der Waals surface area (Å²) < 4.78 is 19.5. The molecular formula is C10H15NO2S. The minimum atomic E-state index is -2.82. The second-order valence-corrected chi connectivity index (χ2v) is 5.37. The summed E-state index contributed by atoms with van der Waals surface area (Å²) in [5, 5.41) is 9.36. The lowest BCUT2D eigenvalue weighted by Crippen LogP contribution is -2.18. The van der Waals surface area contributed by atoms with E-state index in [0.29, 0.717) is 11.3 Å². The van der Waals surface area contributed by atoms with Crippen LogP contribution in [-0.4, -0.2) is 21.2 Å². The van der Waals surface area contributed by atoms with E-state index in [1.165, 1.54) is 0 Å². The summed E-state index contributed by atoms with van der Waals surface area (Å²) in [6.07, 6.45) is -0.122. The Labute approximate surface area is 84.8 Å². The maximum atomic E-state index is 11.9. The topological polar surface area (TPSA) is 61.1 Å². The van der Waals surface area contributed by atoms with E-state index >= 15 is 0 Å². The first-order valence-corrected chi connectivity index (χ1v) is 6.28. The van der Waals surface area contributed by atoms with Gasteiger partial charge in [0, 0.05) is 4.90 Å². The first kappa shape index (κ1) is 11.2. The van der Waals surface area contributed by atoms with Crippen LogP contribution in [0.5, 0.6) is 0 Å². The fourth-order valence-electron chi connectivity index (χ4n) is 1.13. The molecule has 3 nitrogen and oxygen atoms in total. The molecule has 14 heavy (non-hydrogen) atoms. The number of nitrogens with one attached hydrogen (secondary N) is 1. The van der Waals surface area contributed by atoms with Crippen LogP contribution in [-0.2, 0) is 9.73 Å². The molecule has 78 valence electrons. The van der Waals surface area contributed by atoms with Crippen molar-refractivity contribution in [2.24, 2.45) is 0 Å². The predicted octanol–water partition coefficient (Wildman–Crippen LogP) is 1.86.